The molecule has 0 aliphatic heterocycles. The van der Waals surface area contributed by atoms with Gasteiger partial charge in [0.2, 0.25) is 0 Å². The number of nitro groups is 1. The second-order valence-corrected chi connectivity index (χ2v) is 5.65. The summed E-state index contributed by atoms with van der Waals surface area (Å²) in [6, 6.07) is 5.00. The largest absolute Gasteiger partial charge is 0.393 e. The second-order valence-electron chi connectivity index (χ2n) is 5.65. The SMILES string of the molecule is CN(CC1CC(O)C1)c1ccc([N+](=O)[O-])c2ccncc12. The maximum Gasteiger partial charge on any atom is 0.277 e. The zero-order chi connectivity index (χ0) is 15.0. The molecule has 1 aliphatic carbocycles. The van der Waals surface area contributed by atoms with Crippen molar-refractivity contribution >= 4 is 22.1 Å². The van der Waals surface area contributed by atoms with Crippen LogP contribution in [-0.4, -0.2) is 34.7 Å². The summed E-state index contributed by atoms with van der Waals surface area (Å²) in [4.78, 5) is 16.9. The van der Waals surface area contributed by atoms with Crippen LogP contribution in [0.2, 0.25) is 0 Å². The minimum Gasteiger partial charge on any atom is -0.393 e. The quantitative estimate of drug-likeness (QED) is 0.689. The van der Waals surface area contributed by atoms with Crippen molar-refractivity contribution in [3.8, 4) is 0 Å². The van der Waals surface area contributed by atoms with Gasteiger partial charge in [-0.15, -0.1) is 0 Å². The summed E-state index contributed by atoms with van der Waals surface area (Å²) < 4.78 is 0. The van der Waals surface area contributed by atoms with Gasteiger partial charge in [-0.1, -0.05) is 0 Å². The van der Waals surface area contributed by atoms with Crippen LogP contribution in [0, 0.1) is 16.0 Å². The number of nitrogens with zero attached hydrogens (tertiary/aromatic N) is 3. The van der Waals surface area contributed by atoms with Gasteiger partial charge >= 0.3 is 0 Å². The molecule has 0 amide bonds. The van der Waals surface area contributed by atoms with E-state index in [0.717, 1.165) is 30.5 Å². The molecule has 6 heteroatoms. The number of aliphatic hydroxyl groups is 1. The van der Waals surface area contributed by atoms with E-state index in [4.69, 9.17) is 0 Å². The first-order valence-electron chi connectivity index (χ1n) is 6.96. The maximum absolute atomic E-state index is 11.1. The van der Waals surface area contributed by atoms with E-state index < -0.39 is 0 Å². The molecule has 1 aromatic carbocycles. The van der Waals surface area contributed by atoms with E-state index in [-0.39, 0.29) is 16.7 Å². The van der Waals surface area contributed by atoms with Crippen molar-refractivity contribution in [3.05, 3.63) is 40.7 Å². The molecule has 0 unspecified atom stereocenters. The van der Waals surface area contributed by atoms with Gasteiger partial charge in [0.1, 0.15) is 0 Å². The highest BCUT2D eigenvalue weighted by atomic mass is 16.6. The Bertz CT molecular complexity index is 683. The first-order valence-corrected chi connectivity index (χ1v) is 6.96. The molecular weight excluding hydrogens is 270 g/mol. The fourth-order valence-electron chi connectivity index (χ4n) is 2.99. The standard InChI is InChI=1S/C15H17N3O3/c1-17(9-10-6-11(19)7-10)14-2-3-15(18(20)21)12-4-5-16-8-13(12)14/h2-5,8,10-11,19H,6-7,9H2,1H3. The van der Waals surface area contributed by atoms with Crippen LogP contribution in [0.1, 0.15) is 12.8 Å². The Labute approximate surface area is 122 Å². The van der Waals surface area contributed by atoms with Gasteiger partial charge in [-0.3, -0.25) is 15.1 Å². The number of hydrogen-bond acceptors (Lipinski definition) is 5. The minimum atomic E-state index is -0.367. The molecule has 0 radical (unpaired) electrons. The molecule has 110 valence electrons. The van der Waals surface area contributed by atoms with Gasteiger partial charge in [0.25, 0.3) is 5.69 Å². The van der Waals surface area contributed by atoms with Gasteiger partial charge < -0.3 is 10.0 Å². The molecule has 1 N–H and O–H groups in total. The van der Waals surface area contributed by atoms with E-state index in [1.165, 1.54) is 0 Å². The highest BCUT2D eigenvalue weighted by molar-refractivity contribution is 5.99. The molecule has 1 fully saturated rings. The van der Waals surface area contributed by atoms with E-state index >= 15 is 0 Å². The summed E-state index contributed by atoms with van der Waals surface area (Å²) in [5.74, 6) is 0.479. The molecule has 21 heavy (non-hydrogen) atoms. The summed E-state index contributed by atoms with van der Waals surface area (Å²) in [7, 11) is 1.97. The summed E-state index contributed by atoms with van der Waals surface area (Å²) in [6.07, 6.45) is 4.73. The van der Waals surface area contributed by atoms with E-state index in [1.54, 1.807) is 30.6 Å². The topological polar surface area (TPSA) is 79.5 Å². The van der Waals surface area contributed by atoms with Crippen molar-refractivity contribution < 1.29 is 10.0 Å². The number of aromatic nitrogens is 1. The third-order valence-electron chi connectivity index (χ3n) is 4.12. The third-order valence-corrected chi connectivity index (χ3v) is 4.12. The average molecular weight is 287 g/mol. The van der Waals surface area contributed by atoms with Crippen molar-refractivity contribution in [2.24, 2.45) is 5.92 Å². The molecule has 6 nitrogen and oxygen atoms in total. The first-order chi connectivity index (χ1) is 10.1. The van der Waals surface area contributed by atoms with Crippen molar-refractivity contribution in [3.63, 3.8) is 0 Å². The number of benzene rings is 1. The van der Waals surface area contributed by atoms with Gasteiger partial charge in [-0.25, -0.2) is 0 Å². The summed E-state index contributed by atoms with van der Waals surface area (Å²) >= 11 is 0. The molecule has 0 bridgehead atoms. The number of nitro benzene ring substituents is 1. The molecular formula is C15H17N3O3. The number of hydrogen-bond donors (Lipinski definition) is 1. The predicted octanol–water partition coefficient (Wildman–Crippen LogP) is 2.35. The number of fused-ring (bicyclic) bond motifs is 1. The highest BCUT2D eigenvalue weighted by Crippen LogP contribution is 2.34. The highest BCUT2D eigenvalue weighted by Gasteiger charge is 2.28. The van der Waals surface area contributed by atoms with Crippen LogP contribution in [0.15, 0.2) is 30.6 Å². The van der Waals surface area contributed by atoms with Crippen LogP contribution < -0.4 is 4.90 Å². The number of aliphatic hydroxyl groups excluding tert-OH is 1. The van der Waals surface area contributed by atoms with E-state index in [1.807, 2.05) is 7.05 Å². The van der Waals surface area contributed by atoms with Gasteiger partial charge in [0, 0.05) is 43.1 Å². The summed E-state index contributed by atoms with van der Waals surface area (Å²) in [6.45, 7) is 0.832. The van der Waals surface area contributed by atoms with Crippen molar-refractivity contribution in [1.29, 1.82) is 0 Å². The average Bonchev–Trinajstić information content (AvgIpc) is 2.44. The van der Waals surface area contributed by atoms with Crippen molar-refractivity contribution in [2.45, 2.75) is 18.9 Å². The Kier molecular flexibility index (Phi) is 3.47. The molecule has 0 atom stereocenters. The summed E-state index contributed by atoms with van der Waals surface area (Å²) in [5.41, 5.74) is 1.04. The Balaban J connectivity index is 1.95. The van der Waals surface area contributed by atoms with Crippen LogP contribution in [0.25, 0.3) is 10.8 Å². The van der Waals surface area contributed by atoms with Crippen molar-refractivity contribution in [2.75, 3.05) is 18.5 Å². The molecule has 1 heterocycles. The monoisotopic (exact) mass is 287 g/mol. The van der Waals surface area contributed by atoms with Crippen molar-refractivity contribution in [1.82, 2.24) is 4.98 Å². The number of rotatable bonds is 4. The lowest BCUT2D eigenvalue weighted by Crippen LogP contribution is -2.37. The van der Waals surface area contributed by atoms with Gasteiger partial charge in [-0.05, 0) is 30.9 Å². The Hall–Kier alpha value is -2.21. The predicted molar refractivity (Wildman–Crippen MR) is 80.4 cm³/mol. The van der Waals surface area contributed by atoms with Crippen LogP contribution in [-0.2, 0) is 0 Å². The number of pyridine rings is 1. The molecule has 2 aromatic rings. The van der Waals surface area contributed by atoms with Gasteiger partial charge in [-0.2, -0.15) is 0 Å². The zero-order valence-corrected chi connectivity index (χ0v) is 11.8. The lowest BCUT2D eigenvalue weighted by atomic mass is 9.82. The Morgan fingerprint density at radius 2 is 2.14 bits per heavy atom. The number of non-ortho nitro benzene ring substituents is 1. The van der Waals surface area contributed by atoms with Gasteiger partial charge in [0.05, 0.1) is 16.4 Å². The van der Waals surface area contributed by atoms with Crippen LogP contribution in [0.3, 0.4) is 0 Å². The Morgan fingerprint density at radius 1 is 1.38 bits per heavy atom. The fraction of sp³-hybridized carbons (Fsp3) is 0.400. The fourth-order valence-corrected chi connectivity index (χ4v) is 2.99. The molecule has 0 spiro atoms. The smallest absolute Gasteiger partial charge is 0.277 e. The normalized spacial score (nSPS) is 21.0. The molecule has 0 saturated heterocycles. The third kappa shape index (κ3) is 2.54. The van der Waals surface area contributed by atoms with E-state index in [9.17, 15) is 15.2 Å². The Morgan fingerprint density at radius 3 is 2.81 bits per heavy atom. The molecule has 1 saturated carbocycles. The van der Waals surface area contributed by atoms with E-state index in [2.05, 4.69) is 9.88 Å². The van der Waals surface area contributed by atoms with Crippen LogP contribution >= 0.6 is 0 Å². The van der Waals surface area contributed by atoms with E-state index in [0.29, 0.717) is 11.3 Å². The first kappa shape index (κ1) is 13.8. The number of anilines is 1. The second kappa shape index (κ2) is 5.29. The minimum absolute atomic E-state index is 0.101. The zero-order valence-electron chi connectivity index (χ0n) is 11.8. The summed E-state index contributed by atoms with van der Waals surface area (Å²) in [5, 5.41) is 21.9. The molecule has 3 rings (SSSR count). The van der Waals surface area contributed by atoms with Crippen LogP contribution in [0.5, 0.6) is 0 Å². The van der Waals surface area contributed by atoms with Gasteiger partial charge in [0.15, 0.2) is 0 Å². The molecule has 1 aromatic heterocycles. The van der Waals surface area contributed by atoms with Crippen LogP contribution in [0.4, 0.5) is 11.4 Å². The lowest BCUT2D eigenvalue weighted by molar-refractivity contribution is -0.383. The molecule has 1 aliphatic rings. The maximum atomic E-state index is 11.1. The lowest BCUT2D eigenvalue weighted by Gasteiger charge is -2.35.